The summed E-state index contributed by atoms with van der Waals surface area (Å²) in [7, 11) is -1.37. The number of hydrogen-bond donors (Lipinski definition) is 0. The Hall–Kier alpha value is -1.38. The minimum absolute atomic E-state index is 0.0878. The third kappa shape index (κ3) is 5.32. The minimum Gasteiger partial charge on any atom is -0.305 e. The zero-order valence-corrected chi connectivity index (χ0v) is 13.0. The van der Waals surface area contributed by atoms with Gasteiger partial charge in [-0.2, -0.15) is 5.26 Å². The van der Waals surface area contributed by atoms with Gasteiger partial charge in [-0.15, -0.1) is 0 Å². The molecule has 0 amide bonds. The monoisotopic (exact) mass is 294 g/mol. The molecule has 0 N–H and O–H groups in total. The Morgan fingerprint density at radius 3 is 2.65 bits per heavy atom. The van der Waals surface area contributed by atoms with Crippen LogP contribution in [0.5, 0.6) is 0 Å². The summed E-state index contributed by atoms with van der Waals surface area (Å²) in [6, 6.07) is 8.16. The highest BCUT2D eigenvalue weighted by Crippen LogP contribution is 2.13. The summed E-state index contributed by atoms with van der Waals surface area (Å²) in [5, 5.41) is 8.81. The lowest BCUT2D eigenvalue weighted by atomic mass is 10.2. The predicted molar refractivity (Wildman–Crippen MR) is 80.2 cm³/mol. The molecule has 0 spiro atoms. The van der Waals surface area contributed by atoms with Crippen LogP contribution in [0, 0.1) is 11.3 Å². The van der Waals surface area contributed by atoms with E-state index in [0.717, 1.165) is 19.4 Å². The lowest BCUT2D eigenvalue weighted by Gasteiger charge is -2.16. The summed E-state index contributed by atoms with van der Waals surface area (Å²) in [4.78, 5) is 2.28. The van der Waals surface area contributed by atoms with Crippen molar-refractivity contribution < 1.29 is 8.42 Å². The summed E-state index contributed by atoms with van der Waals surface area (Å²) in [5.41, 5.74) is 0.377. The third-order valence-electron chi connectivity index (χ3n) is 3.21. The lowest BCUT2D eigenvalue weighted by molar-refractivity contribution is 0.343. The van der Waals surface area contributed by atoms with Crippen LogP contribution in [0.25, 0.3) is 0 Å². The molecule has 0 aliphatic heterocycles. The molecular weight excluding hydrogens is 272 g/mol. The molecule has 0 unspecified atom stereocenters. The van der Waals surface area contributed by atoms with Gasteiger partial charge in [-0.25, -0.2) is 8.42 Å². The Labute approximate surface area is 121 Å². The van der Waals surface area contributed by atoms with Crippen molar-refractivity contribution >= 4 is 9.84 Å². The predicted octanol–water partition coefficient (Wildman–Crippen LogP) is 2.45. The van der Waals surface area contributed by atoms with E-state index in [4.69, 9.17) is 5.26 Å². The molecule has 0 aliphatic rings. The standard InChI is InChI=1S/C15H22N2O2S/c1-3-4-5-9-17(2)10-11-20(18,19)15-8-6-7-14(12-15)13-16/h6-8,12H,3-5,9-11H2,1-2H3. The quantitative estimate of drug-likeness (QED) is 0.691. The van der Waals surface area contributed by atoms with Crippen LogP contribution >= 0.6 is 0 Å². The van der Waals surface area contributed by atoms with Gasteiger partial charge in [0.15, 0.2) is 9.84 Å². The van der Waals surface area contributed by atoms with E-state index in [2.05, 4.69) is 6.92 Å². The average molecular weight is 294 g/mol. The molecule has 4 nitrogen and oxygen atoms in total. The van der Waals surface area contributed by atoms with Gasteiger partial charge in [0, 0.05) is 6.54 Å². The van der Waals surface area contributed by atoms with Crippen LogP contribution in [-0.2, 0) is 9.84 Å². The summed E-state index contributed by atoms with van der Waals surface area (Å²) >= 11 is 0. The first kappa shape index (κ1) is 16.7. The van der Waals surface area contributed by atoms with Crippen LogP contribution in [0.2, 0.25) is 0 Å². The lowest BCUT2D eigenvalue weighted by Crippen LogP contribution is -2.26. The molecule has 0 atom stereocenters. The van der Waals surface area contributed by atoms with Crippen molar-refractivity contribution in [2.75, 3.05) is 25.9 Å². The van der Waals surface area contributed by atoms with Crippen LogP contribution in [0.15, 0.2) is 29.2 Å². The van der Waals surface area contributed by atoms with Crippen LogP contribution in [0.4, 0.5) is 0 Å². The van der Waals surface area contributed by atoms with Gasteiger partial charge in [0.05, 0.1) is 22.3 Å². The smallest absolute Gasteiger partial charge is 0.179 e. The van der Waals surface area contributed by atoms with Crippen LogP contribution in [0.1, 0.15) is 31.7 Å². The van der Waals surface area contributed by atoms with Crippen molar-refractivity contribution in [2.45, 2.75) is 31.1 Å². The van der Waals surface area contributed by atoms with E-state index < -0.39 is 9.84 Å². The van der Waals surface area contributed by atoms with Crippen molar-refractivity contribution in [3.63, 3.8) is 0 Å². The topological polar surface area (TPSA) is 61.2 Å². The highest BCUT2D eigenvalue weighted by molar-refractivity contribution is 7.91. The fourth-order valence-electron chi connectivity index (χ4n) is 1.90. The van der Waals surface area contributed by atoms with E-state index in [9.17, 15) is 8.42 Å². The fraction of sp³-hybridized carbons (Fsp3) is 0.533. The van der Waals surface area contributed by atoms with Gasteiger partial charge in [0.1, 0.15) is 0 Å². The number of unbranched alkanes of at least 4 members (excludes halogenated alkanes) is 2. The molecule has 0 heterocycles. The summed E-state index contributed by atoms with van der Waals surface area (Å²) in [5.74, 6) is 0.0878. The zero-order chi connectivity index (χ0) is 15.0. The number of rotatable bonds is 8. The van der Waals surface area contributed by atoms with Gasteiger partial charge in [-0.05, 0) is 38.2 Å². The highest BCUT2D eigenvalue weighted by Gasteiger charge is 2.15. The molecule has 0 aromatic heterocycles. The number of sulfone groups is 1. The van der Waals surface area contributed by atoms with Crippen molar-refractivity contribution in [3.8, 4) is 6.07 Å². The zero-order valence-electron chi connectivity index (χ0n) is 12.2. The van der Waals surface area contributed by atoms with Crippen molar-refractivity contribution in [3.05, 3.63) is 29.8 Å². The van der Waals surface area contributed by atoms with E-state index in [-0.39, 0.29) is 10.6 Å². The second-order valence-corrected chi connectivity index (χ2v) is 7.08. The van der Waals surface area contributed by atoms with Crippen LogP contribution in [-0.4, -0.2) is 39.2 Å². The normalized spacial score (nSPS) is 11.5. The van der Waals surface area contributed by atoms with Crippen LogP contribution < -0.4 is 0 Å². The molecule has 1 aromatic carbocycles. The first-order valence-corrected chi connectivity index (χ1v) is 8.56. The Kier molecular flexibility index (Phi) is 6.69. The molecule has 1 rings (SSSR count). The molecule has 0 fully saturated rings. The minimum atomic E-state index is -3.31. The van der Waals surface area contributed by atoms with E-state index in [1.54, 1.807) is 18.2 Å². The molecule has 0 saturated carbocycles. The van der Waals surface area contributed by atoms with Gasteiger partial charge in [0.25, 0.3) is 0 Å². The van der Waals surface area contributed by atoms with Gasteiger partial charge >= 0.3 is 0 Å². The average Bonchev–Trinajstić information content (AvgIpc) is 2.45. The largest absolute Gasteiger partial charge is 0.305 e. The SMILES string of the molecule is CCCCCN(C)CCS(=O)(=O)c1cccc(C#N)c1. The first-order chi connectivity index (χ1) is 9.49. The Bertz CT molecular complexity index is 561. The summed E-state index contributed by atoms with van der Waals surface area (Å²) < 4.78 is 24.4. The number of nitrogens with zero attached hydrogens (tertiary/aromatic N) is 2. The van der Waals surface area contributed by atoms with Gasteiger partial charge in [-0.3, -0.25) is 0 Å². The second kappa shape index (κ2) is 8.03. The maximum atomic E-state index is 12.2. The van der Waals surface area contributed by atoms with E-state index in [0.29, 0.717) is 12.1 Å². The van der Waals surface area contributed by atoms with Gasteiger partial charge in [0.2, 0.25) is 0 Å². The van der Waals surface area contributed by atoms with E-state index >= 15 is 0 Å². The number of benzene rings is 1. The molecule has 0 bridgehead atoms. The maximum absolute atomic E-state index is 12.2. The molecule has 0 saturated heterocycles. The fourth-order valence-corrected chi connectivity index (χ4v) is 3.28. The van der Waals surface area contributed by atoms with Crippen LogP contribution in [0.3, 0.4) is 0 Å². The molecule has 0 radical (unpaired) electrons. The molecule has 5 heteroatoms. The maximum Gasteiger partial charge on any atom is 0.179 e. The summed E-state index contributed by atoms with van der Waals surface area (Å²) in [6.45, 7) is 3.58. The Morgan fingerprint density at radius 1 is 1.25 bits per heavy atom. The summed E-state index contributed by atoms with van der Waals surface area (Å²) in [6.07, 6.45) is 3.42. The number of hydrogen-bond acceptors (Lipinski definition) is 4. The number of nitriles is 1. The molecule has 110 valence electrons. The van der Waals surface area contributed by atoms with E-state index in [1.165, 1.54) is 12.5 Å². The van der Waals surface area contributed by atoms with Crippen molar-refractivity contribution in [1.82, 2.24) is 4.90 Å². The molecule has 0 aliphatic carbocycles. The first-order valence-electron chi connectivity index (χ1n) is 6.91. The molecule has 1 aromatic rings. The van der Waals surface area contributed by atoms with Crippen molar-refractivity contribution in [2.24, 2.45) is 0 Å². The van der Waals surface area contributed by atoms with Gasteiger partial charge < -0.3 is 4.90 Å². The third-order valence-corrected chi connectivity index (χ3v) is 4.90. The molecular formula is C15H22N2O2S. The molecule has 20 heavy (non-hydrogen) atoms. The highest BCUT2D eigenvalue weighted by atomic mass is 32.2. The van der Waals surface area contributed by atoms with Crippen molar-refractivity contribution in [1.29, 1.82) is 5.26 Å². The Balaban J connectivity index is 2.59. The van der Waals surface area contributed by atoms with Gasteiger partial charge in [-0.1, -0.05) is 25.8 Å². The second-order valence-electron chi connectivity index (χ2n) is 4.97. The van der Waals surface area contributed by atoms with E-state index in [1.807, 2.05) is 18.0 Å². The Morgan fingerprint density at radius 2 is 2.00 bits per heavy atom.